The van der Waals surface area contributed by atoms with Crippen LogP contribution in [0.5, 0.6) is 0 Å². The standard InChI is InChI=1S/C18H20N2O2/c21-17-10-4-5-11-19(17)14-18(22)20-12-6-9-16(20)13-15-7-2-1-3-8-15/h1-5,7-8,10-11,16H,6,9,12-14H2/t16-/m0/s1. The summed E-state index contributed by atoms with van der Waals surface area (Å²) in [5.41, 5.74) is 1.12. The third-order valence-corrected chi connectivity index (χ3v) is 4.22. The van der Waals surface area contributed by atoms with E-state index in [0.29, 0.717) is 0 Å². The van der Waals surface area contributed by atoms with Crippen LogP contribution < -0.4 is 5.56 Å². The van der Waals surface area contributed by atoms with E-state index in [0.717, 1.165) is 25.8 Å². The van der Waals surface area contributed by atoms with Gasteiger partial charge < -0.3 is 9.47 Å². The van der Waals surface area contributed by atoms with E-state index in [4.69, 9.17) is 0 Å². The van der Waals surface area contributed by atoms with E-state index < -0.39 is 0 Å². The molecule has 1 saturated heterocycles. The van der Waals surface area contributed by atoms with Crippen molar-refractivity contribution in [2.75, 3.05) is 6.54 Å². The molecule has 0 N–H and O–H groups in total. The van der Waals surface area contributed by atoms with Crippen LogP contribution in [0.15, 0.2) is 59.5 Å². The van der Waals surface area contributed by atoms with E-state index in [-0.39, 0.29) is 24.1 Å². The number of nitrogens with zero attached hydrogens (tertiary/aromatic N) is 2. The Hall–Kier alpha value is -2.36. The van der Waals surface area contributed by atoms with Crippen molar-refractivity contribution in [3.05, 3.63) is 70.6 Å². The summed E-state index contributed by atoms with van der Waals surface area (Å²) in [5.74, 6) is 0.0340. The Morgan fingerprint density at radius 1 is 1.09 bits per heavy atom. The van der Waals surface area contributed by atoms with Crippen LogP contribution in [0, 0.1) is 0 Å². The highest BCUT2D eigenvalue weighted by molar-refractivity contribution is 5.76. The molecule has 0 saturated carbocycles. The van der Waals surface area contributed by atoms with Crippen molar-refractivity contribution in [1.29, 1.82) is 0 Å². The predicted octanol–water partition coefficient (Wildman–Crippen LogP) is 2.08. The molecule has 114 valence electrons. The minimum Gasteiger partial charge on any atom is -0.338 e. The molecular weight excluding hydrogens is 276 g/mol. The minimum atomic E-state index is -0.130. The van der Waals surface area contributed by atoms with Gasteiger partial charge in [-0.2, -0.15) is 0 Å². The molecule has 0 bridgehead atoms. The Balaban J connectivity index is 1.69. The number of aromatic nitrogens is 1. The highest BCUT2D eigenvalue weighted by Crippen LogP contribution is 2.21. The second-order valence-electron chi connectivity index (χ2n) is 5.74. The lowest BCUT2D eigenvalue weighted by Gasteiger charge is -2.25. The first-order chi connectivity index (χ1) is 10.7. The molecule has 3 rings (SSSR count). The van der Waals surface area contributed by atoms with Crippen molar-refractivity contribution >= 4 is 5.91 Å². The summed E-state index contributed by atoms with van der Waals surface area (Å²) in [6.45, 7) is 0.920. The van der Waals surface area contributed by atoms with Gasteiger partial charge in [-0.3, -0.25) is 9.59 Å². The molecule has 4 heteroatoms. The lowest BCUT2D eigenvalue weighted by atomic mass is 10.0. The summed E-state index contributed by atoms with van der Waals surface area (Å²) in [6.07, 6.45) is 4.62. The number of likely N-dealkylation sites (tertiary alicyclic amines) is 1. The average Bonchev–Trinajstić information content (AvgIpc) is 2.99. The lowest BCUT2D eigenvalue weighted by molar-refractivity contribution is -0.132. The zero-order chi connectivity index (χ0) is 15.4. The number of carbonyl (C=O) groups excluding carboxylic acids is 1. The van der Waals surface area contributed by atoms with Gasteiger partial charge in [-0.25, -0.2) is 0 Å². The summed E-state index contributed by atoms with van der Waals surface area (Å²) in [5, 5.41) is 0. The van der Waals surface area contributed by atoms with Crippen LogP contribution in [0.2, 0.25) is 0 Å². The monoisotopic (exact) mass is 296 g/mol. The number of hydrogen-bond donors (Lipinski definition) is 0. The quantitative estimate of drug-likeness (QED) is 0.867. The third kappa shape index (κ3) is 3.27. The molecule has 1 aliphatic heterocycles. The van der Waals surface area contributed by atoms with Crippen LogP contribution in [0.3, 0.4) is 0 Å². The number of hydrogen-bond acceptors (Lipinski definition) is 2. The van der Waals surface area contributed by atoms with Gasteiger partial charge in [0.1, 0.15) is 6.54 Å². The van der Waals surface area contributed by atoms with Gasteiger partial charge in [0.15, 0.2) is 0 Å². The second-order valence-corrected chi connectivity index (χ2v) is 5.74. The van der Waals surface area contributed by atoms with Crippen molar-refractivity contribution in [3.8, 4) is 0 Å². The molecular formula is C18H20N2O2. The summed E-state index contributed by atoms with van der Waals surface area (Å²) in [4.78, 5) is 26.2. The number of carbonyl (C=O) groups is 1. The van der Waals surface area contributed by atoms with Gasteiger partial charge in [0, 0.05) is 24.8 Å². The molecule has 1 aliphatic rings. The van der Waals surface area contributed by atoms with Gasteiger partial charge in [0.05, 0.1) is 0 Å². The van der Waals surface area contributed by atoms with E-state index in [1.807, 2.05) is 23.1 Å². The van der Waals surface area contributed by atoms with Crippen LogP contribution in [-0.4, -0.2) is 28.0 Å². The number of amides is 1. The maximum Gasteiger partial charge on any atom is 0.250 e. The molecule has 1 aromatic heterocycles. The first kappa shape index (κ1) is 14.6. The SMILES string of the molecule is O=C(Cn1ccccc1=O)N1CCC[C@H]1Cc1ccccc1. The molecule has 1 fully saturated rings. The Morgan fingerprint density at radius 3 is 2.64 bits per heavy atom. The zero-order valence-electron chi connectivity index (χ0n) is 12.5. The molecule has 1 amide bonds. The van der Waals surface area contributed by atoms with E-state index in [9.17, 15) is 9.59 Å². The first-order valence-electron chi connectivity index (χ1n) is 7.73. The van der Waals surface area contributed by atoms with Gasteiger partial charge in [-0.1, -0.05) is 36.4 Å². The molecule has 2 heterocycles. The van der Waals surface area contributed by atoms with Crippen molar-refractivity contribution in [2.24, 2.45) is 0 Å². The largest absolute Gasteiger partial charge is 0.338 e. The molecule has 0 spiro atoms. The fourth-order valence-corrected chi connectivity index (χ4v) is 3.09. The molecule has 0 radical (unpaired) electrons. The fraction of sp³-hybridized carbons (Fsp3) is 0.333. The van der Waals surface area contributed by atoms with Crippen molar-refractivity contribution in [1.82, 2.24) is 9.47 Å². The zero-order valence-corrected chi connectivity index (χ0v) is 12.5. The molecule has 2 aromatic rings. The lowest BCUT2D eigenvalue weighted by Crippen LogP contribution is -2.40. The van der Waals surface area contributed by atoms with Gasteiger partial charge in [0.25, 0.3) is 5.56 Å². The van der Waals surface area contributed by atoms with Crippen LogP contribution in [0.4, 0.5) is 0 Å². The summed E-state index contributed by atoms with van der Waals surface area (Å²) >= 11 is 0. The van der Waals surface area contributed by atoms with Gasteiger partial charge in [-0.15, -0.1) is 0 Å². The number of rotatable bonds is 4. The number of benzene rings is 1. The summed E-state index contributed by atoms with van der Waals surface area (Å²) < 4.78 is 1.47. The molecule has 0 unspecified atom stereocenters. The van der Waals surface area contributed by atoms with Crippen molar-refractivity contribution in [3.63, 3.8) is 0 Å². The molecule has 0 aliphatic carbocycles. The third-order valence-electron chi connectivity index (χ3n) is 4.22. The second kappa shape index (κ2) is 6.60. The van der Waals surface area contributed by atoms with Crippen molar-refractivity contribution < 1.29 is 4.79 Å². The van der Waals surface area contributed by atoms with E-state index in [1.54, 1.807) is 18.3 Å². The summed E-state index contributed by atoms with van der Waals surface area (Å²) in [6, 6.07) is 15.5. The van der Waals surface area contributed by atoms with E-state index >= 15 is 0 Å². The van der Waals surface area contributed by atoms with Crippen LogP contribution in [0.1, 0.15) is 18.4 Å². The number of pyridine rings is 1. The fourth-order valence-electron chi connectivity index (χ4n) is 3.09. The highest BCUT2D eigenvalue weighted by atomic mass is 16.2. The minimum absolute atomic E-state index is 0.0340. The normalized spacial score (nSPS) is 17.6. The van der Waals surface area contributed by atoms with Crippen LogP contribution in [-0.2, 0) is 17.8 Å². The van der Waals surface area contributed by atoms with Gasteiger partial charge in [-0.05, 0) is 30.9 Å². The highest BCUT2D eigenvalue weighted by Gasteiger charge is 2.28. The molecule has 1 aromatic carbocycles. The van der Waals surface area contributed by atoms with E-state index in [1.165, 1.54) is 16.2 Å². The smallest absolute Gasteiger partial charge is 0.250 e. The Morgan fingerprint density at radius 2 is 1.86 bits per heavy atom. The molecule has 4 nitrogen and oxygen atoms in total. The first-order valence-corrected chi connectivity index (χ1v) is 7.73. The molecule has 22 heavy (non-hydrogen) atoms. The molecule has 1 atom stereocenters. The maximum absolute atomic E-state index is 12.5. The average molecular weight is 296 g/mol. The Bertz CT molecular complexity index is 693. The van der Waals surface area contributed by atoms with Gasteiger partial charge in [0.2, 0.25) is 5.91 Å². The van der Waals surface area contributed by atoms with Crippen LogP contribution in [0.25, 0.3) is 0 Å². The van der Waals surface area contributed by atoms with Crippen molar-refractivity contribution in [2.45, 2.75) is 31.8 Å². The predicted molar refractivity (Wildman–Crippen MR) is 85.6 cm³/mol. The maximum atomic E-state index is 12.5. The topological polar surface area (TPSA) is 42.3 Å². The van der Waals surface area contributed by atoms with Gasteiger partial charge >= 0.3 is 0 Å². The Kier molecular flexibility index (Phi) is 4.37. The Labute approximate surface area is 130 Å². The van der Waals surface area contributed by atoms with Crippen LogP contribution >= 0.6 is 0 Å². The van der Waals surface area contributed by atoms with E-state index in [2.05, 4.69) is 12.1 Å². The summed E-state index contributed by atoms with van der Waals surface area (Å²) in [7, 11) is 0.